The summed E-state index contributed by atoms with van der Waals surface area (Å²) in [7, 11) is 0. The Balaban J connectivity index is 2.32. The molecule has 1 N–H and O–H groups in total. The van der Waals surface area contributed by atoms with Gasteiger partial charge in [0, 0.05) is 23.2 Å². The molecule has 1 aromatic heterocycles. The lowest BCUT2D eigenvalue weighted by Gasteiger charge is -2.16. The lowest BCUT2D eigenvalue weighted by Crippen LogP contribution is -2.11. The van der Waals surface area contributed by atoms with E-state index in [0.717, 1.165) is 11.4 Å². The summed E-state index contributed by atoms with van der Waals surface area (Å²) in [6.45, 7) is 1.98. The molecule has 1 unspecified atom stereocenters. The molecular formula is C13H13N3O3S. The van der Waals surface area contributed by atoms with E-state index in [1.807, 2.05) is 12.3 Å². The summed E-state index contributed by atoms with van der Waals surface area (Å²) in [5.41, 5.74) is 0.566. The minimum absolute atomic E-state index is 0.0872. The van der Waals surface area contributed by atoms with Crippen molar-refractivity contribution in [2.24, 2.45) is 0 Å². The molecule has 0 saturated heterocycles. The Morgan fingerprint density at radius 3 is 2.90 bits per heavy atom. The van der Waals surface area contributed by atoms with Crippen LogP contribution in [0.4, 0.5) is 11.4 Å². The Morgan fingerprint density at radius 2 is 2.35 bits per heavy atom. The van der Waals surface area contributed by atoms with E-state index < -0.39 is 4.92 Å². The van der Waals surface area contributed by atoms with Gasteiger partial charge in [-0.15, -0.1) is 11.3 Å². The largest absolute Gasteiger partial charge is 0.370 e. The van der Waals surface area contributed by atoms with Crippen LogP contribution in [0, 0.1) is 10.1 Å². The lowest BCUT2D eigenvalue weighted by molar-refractivity contribution is -0.384. The lowest BCUT2D eigenvalue weighted by atomic mass is 10.1. The maximum atomic E-state index is 11.1. The van der Waals surface area contributed by atoms with Crippen LogP contribution in [0.1, 0.15) is 34.8 Å². The van der Waals surface area contributed by atoms with Crippen molar-refractivity contribution < 1.29 is 9.72 Å². The molecule has 0 aliphatic rings. The number of thiazole rings is 1. The number of nitro groups is 1. The van der Waals surface area contributed by atoms with Crippen molar-refractivity contribution in [1.82, 2.24) is 4.98 Å². The monoisotopic (exact) mass is 291 g/mol. The van der Waals surface area contributed by atoms with E-state index in [1.54, 1.807) is 18.3 Å². The number of nitrogens with one attached hydrogen (secondary N) is 1. The minimum Gasteiger partial charge on any atom is -0.370 e. The van der Waals surface area contributed by atoms with Crippen LogP contribution in [0.3, 0.4) is 0 Å². The maximum absolute atomic E-state index is 11.1. The van der Waals surface area contributed by atoms with E-state index in [9.17, 15) is 14.9 Å². The molecule has 0 aliphatic heterocycles. The summed E-state index contributed by atoms with van der Waals surface area (Å²) < 4.78 is 0. The second-order valence-corrected chi connectivity index (χ2v) is 5.05. The van der Waals surface area contributed by atoms with Gasteiger partial charge in [-0.25, -0.2) is 4.98 Å². The van der Waals surface area contributed by atoms with Crippen molar-refractivity contribution in [2.45, 2.75) is 19.4 Å². The Hall–Kier alpha value is -2.28. The fraction of sp³-hybridized carbons (Fsp3) is 0.231. The maximum Gasteiger partial charge on any atom is 0.293 e. The van der Waals surface area contributed by atoms with Gasteiger partial charge in [-0.05, 0) is 18.6 Å². The zero-order chi connectivity index (χ0) is 14.5. The summed E-state index contributed by atoms with van der Waals surface area (Å²) in [5, 5.41) is 16.9. The summed E-state index contributed by atoms with van der Waals surface area (Å²) >= 11 is 1.50. The SMILES string of the molecule is CCC(Nc1ccc(C=O)cc1[N+](=O)[O-])c1nccs1. The van der Waals surface area contributed by atoms with E-state index >= 15 is 0 Å². The number of carbonyl (C=O) groups is 1. The molecule has 0 bridgehead atoms. The number of aldehydes is 1. The number of aromatic nitrogens is 1. The van der Waals surface area contributed by atoms with Crippen LogP contribution in [0.15, 0.2) is 29.8 Å². The first-order valence-corrected chi connectivity index (χ1v) is 6.93. The first-order valence-electron chi connectivity index (χ1n) is 6.05. The van der Waals surface area contributed by atoms with Gasteiger partial charge in [-0.3, -0.25) is 14.9 Å². The molecule has 1 atom stereocenters. The second kappa shape index (κ2) is 6.25. The number of benzene rings is 1. The van der Waals surface area contributed by atoms with Crippen LogP contribution in [0.2, 0.25) is 0 Å². The zero-order valence-electron chi connectivity index (χ0n) is 10.8. The van der Waals surface area contributed by atoms with E-state index in [0.29, 0.717) is 12.0 Å². The minimum atomic E-state index is -0.496. The van der Waals surface area contributed by atoms with Crippen LogP contribution < -0.4 is 5.32 Å². The fourth-order valence-electron chi connectivity index (χ4n) is 1.83. The van der Waals surface area contributed by atoms with Crippen LogP contribution >= 0.6 is 11.3 Å². The molecule has 20 heavy (non-hydrogen) atoms. The van der Waals surface area contributed by atoms with E-state index in [-0.39, 0.29) is 17.3 Å². The first-order chi connectivity index (χ1) is 9.65. The molecule has 1 aromatic carbocycles. The number of nitro benzene ring substituents is 1. The van der Waals surface area contributed by atoms with Crippen LogP contribution in [0.5, 0.6) is 0 Å². The van der Waals surface area contributed by atoms with Crippen molar-refractivity contribution in [3.8, 4) is 0 Å². The van der Waals surface area contributed by atoms with Crippen LogP contribution in [-0.2, 0) is 0 Å². The zero-order valence-corrected chi connectivity index (χ0v) is 11.6. The molecule has 0 amide bonds. The van der Waals surface area contributed by atoms with E-state index in [2.05, 4.69) is 10.3 Å². The van der Waals surface area contributed by atoms with Gasteiger partial charge >= 0.3 is 0 Å². The molecule has 6 nitrogen and oxygen atoms in total. The third-order valence-corrected chi connectivity index (χ3v) is 3.73. The molecule has 2 rings (SSSR count). The van der Waals surface area contributed by atoms with Crippen molar-refractivity contribution >= 4 is 29.0 Å². The molecule has 2 aromatic rings. The molecule has 104 valence electrons. The molecule has 0 spiro atoms. The molecule has 0 aliphatic carbocycles. The highest BCUT2D eigenvalue weighted by Gasteiger charge is 2.19. The van der Waals surface area contributed by atoms with Crippen molar-refractivity contribution in [2.75, 3.05) is 5.32 Å². The summed E-state index contributed by atoms with van der Waals surface area (Å²) in [6.07, 6.45) is 3.04. The van der Waals surface area contributed by atoms with Gasteiger partial charge in [-0.1, -0.05) is 6.92 Å². The van der Waals surface area contributed by atoms with Gasteiger partial charge in [-0.2, -0.15) is 0 Å². The first kappa shape index (κ1) is 14.1. The number of rotatable bonds is 6. The molecule has 7 heteroatoms. The average Bonchev–Trinajstić information content (AvgIpc) is 2.98. The molecule has 0 fully saturated rings. The smallest absolute Gasteiger partial charge is 0.293 e. The number of carbonyl (C=O) groups excluding carboxylic acids is 1. The number of nitrogens with zero attached hydrogens (tertiary/aromatic N) is 2. The third-order valence-electron chi connectivity index (χ3n) is 2.84. The summed E-state index contributed by atoms with van der Waals surface area (Å²) in [5.74, 6) is 0. The molecule has 0 radical (unpaired) electrons. The standard InChI is InChI=1S/C13H13N3O3S/c1-2-10(13-14-5-6-20-13)15-11-4-3-9(8-17)7-12(11)16(18)19/h3-8,10,15H,2H2,1H3. The van der Waals surface area contributed by atoms with Gasteiger partial charge < -0.3 is 5.32 Å². The Labute approximate surface area is 119 Å². The normalized spacial score (nSPS) is 11.8. The van der Waals surface area contributed by atoms with Gasteiger partial charge in [0.15, 0.2) is 0 Å². The highest BCUT2D eigenvalue weighted by atomic mass is 32.1. The number of anilines is 1. The predicted octanol–water partition coefficient (Wildman–Crippen LogP) is 3.43. The highest BCUT2D eigenvalue weighted by molar-refractivity contribution is 7.09. The Kier molecular flexibility index (Phi) is 4.41. The Bertz CT molecular complexity index is 613. The van der Waals surface area contributed by atoms with Crippen LogP contribution in [0.25, 0.3) is 0 Å². The van der Waals surface area contributed by atoms with Crippen molar-refractivity contribution in [1.29, 1.82) is 0 Å². The average molecular weight is 291 g/mol. The van der Waals surface area contributed by atoms with Crippen molar-refractivity contribution in [3.05, 3.63) is 50.5 Å². The molecular weight excluding hydrogens is 278 g/mol. The van der Waals surface area contributed by atoms with Gasteiger partial charge in [0.2, 0.25) is 0 Å². The van der Waals surface area contributed by atoms with Gasteiger partial charge in [0.05, 0.1) is 11.0 Å². The van der Waals surface area contributed by atoms with Gasteiger partial charge in [0.25, 0.3) is 5.69 Å². The summed E-state index contributed by atoms with van der Waals surface area (Å²) in [6, 6.07) is 4.29. The van der Waals surface area contributed by atoms with Gasteiger partial charge in [0.1, 0.15) is 17.0 Å². The number of hydrogen-bond acceptors (Lipinski definition) is 6. The van der Waals surface area contributed by atoms with E-state index in [4.69, 9.17) is 0 Å². The fourth-order valence-corrected chi connectivity index (χ4v) is 2.60. The number of hydrogen-bond donors (Lipinski definition) is 1. The van der Waals surface area contributed by atoms with Crippen LogP contribution in [-0.4, -0.2) is 16.2 Å². The highest BCUT2D eigenvalue weighted by Crippen LogP contribution is 2.30. The second-order valence-electron chi connectivity index (χ2n) is 4.13. The molecule has 0 saturated carbocycles. The topological polar surface area (TPSA) is 85.1 Å². The summed E-state index contributed by atoms with van der Waals surface area (Å²) in [4.78, 5) is 25.5. The third kappa shape index (κ3) is 3.00. The Morgan fingerprint density at radius 1 is 1.55 bits per heavy atom. The van der Waals surface area contributed by atoms with Crippen molar-refractivity contribution in [3.63, 3.8) is 0 Å². The quantitative estimate of drug-likeness (QED) is 0.500. The predicted molar refractivity (Wildman–Crippen MR) is 77.3 cm³/mol. The molecule has 1 heterocycles. The van der Waals surface area contributed by atoms with E-state index in [1.165, 1.54) is 17.4 Å².